The van der Waals surface area contributed by atoms with Crippen molar-refractivity contribution in [1.29, 1.82) is 0 Å². The number of hydrogen-bond donors (Lipinski definition) is 2. The quantitative estimate of drug-likeness (QED) is 0.801. The third-order valence-corrected chi connectivity index (χ3v) is 4.18. The van der Waals surface area contributed by atoms with E-state index in [0.717, 1.165) is 11.1 Å². The zero-order valence-electron chi connectivity index (χ0n) is 14.7. The monoisotopic (exact) mass is 354 g/mol. The first-order valence-electron chi connectivity index (χ1n) is 8.61. The van der Waals surface area contributed by atoms with Gasteiger partial charge < -0.3 is 20.1 Å². The molecule has 0 saturated heterocycles. The molecule has 0 fully saturated rings. The van der Waals surface area contributed by atoms with Gasteiger partial charge in [0.2, 0.25) is 18.6 Å². The van der Waals surface area contributed by atoms with E-state index in [9.17, 15) is 9.59 Å². The Bertz CT molecular complexity index is 777. The molecule has 0 aliphatic carbocycles. The number of nitrogens with one attached hydrogen (secondary N) is 2. The Kier molecular flexibility index (Phi) is 5.73. The second-order valence-electron chi connectivity index (χ2n) is 6.16. The van der Waals surface area contributed by atoms with Crippen molar-refractivity contribution in [3.05, 3.63) is 59.7 Å². The van der Waals surface area contributed by atoms with Crippen LogP contribution < -0.4 is 20.1 Å². The molecule has 1 aliphatic rings. The molecule has 3 rings (SSSR count). The molecular weight excluding hydrogens is 332 g/mol. The first kappa shape index (κ1) is 17.8. The van der Waals surface area contributed by atoms with Crippen LogP contribution in [-0.4, -0.2) is 18.6 Å². The summed E-state index contributed by atoms with van der Waals surface area (Å²) in [4.78, 5) is 24.0. The standard InChI is InChI=1S/C20H22N2O4/c1-14(16-5-3-2-4-6-16)22-20(24)10-9-19(23)21-12-15-7-8-17-18(11-15)26-13-25-17/h2-8,11,14H,9-10,12-13H2,1H3,(H,21,23)(H,22,24). The van der Waals surface area contributed by atoms with Crippen LogP contribution in [0.2, 0.25) is 0 Å². The van der Waals surface area contributed by atoms with Crippen LogP contribution in [0.3, 0.4) is 0 Å². The van der Waals surface area contributed by atoms with E-state index >= 15 is 0 Å². The third kappa shape index (κ3) is 4.75. The van der Waals surface area contributed by atoms with E-state index in [-0.39, 0.29) is 37.5 Å². The van der Waals surface area contributed by atoms with Crippen molar-refractivity contribution >= 4 is 11.8 Å². The van der Waals surface area contributed by atoms with Gasteiger partial charge in [0.15, 0.2) is 11.5 Å². The number of ether oxygens (including phenoxy) is 2. The van der Waals surface area contributed by atoms with Crippen molar-refractivity contribution in [1.82, 2.24) is 10.6 Å². The molecule has 0 spiro atoms. The molecule has 1 unspecified atom stereocenters. The Labute approximate surface area is 152 Å². The molecule has 0 aromatic heterocycles. The first-order chi connectivity index (χ1) is 12.6. The second-order valence-corrected chi connectivity index (χ2v) is 6.16. The molecule has 0 saturated carbocycles. The highest BCUT2D eigenvalue weighted by atomic mass is 16.7. The van der Waals surface area contributed by atoms with E-state index < -0.39 is 0 Å². The van der Waals surface area contributed by atoms with Crippen molar-refractivity contribution in [3.63, 3.8) is 0 Å². The molecule has 2 aromatic carbocycles. The van der Waals surface area contributed by atoms with Gasteiger partial charge in [0.25, 0.3) is 0 Å². The number of carbonyl (C=O) groups excluding carboxylic acids is 2. The van der Waals surface area contributed by atoms with Gasteiger partial charge in [-0.1, -0.05) is 36.4 Å². The lowest BCUT2D eigenvalue weighted by molar-refractivity contribution is -0.126. The highest BCUT2D eigenvalue weighted by Gasteiger charge is 2.14. The van der Waals surface area contributed by atoms with Gasteiger partial charge in [0.1, 0.15) is 0 Å². The molecule has 0 radical (unpaired) electrons. The van der Waals surface area contributed by atoms with Gasteiger partial charge >= 0.3 is 0 Å². The Morgan fingerprint density at radius 1 is 1.00 bits per heavy atom. The second kappa shape index (κ2) is 8.38. The first-order valence-corrected chi connectivity index (χ1v) is 8.61. The Hall–Kier alpha value is -3.02. The van der Waals surface area contributed by atoms with Crippen molar-refractivity contribution in [2.75, 3.05) is 6.79 Å². The summed E-state index contributed by atoms with van der Waals surface area (Å²) >= 11 is 0. The summed E-state index contributed by atoms with van der Waals surface area (Å²) < 4.78 is 10.6. The number of fused-ring (bicyclic) bond motifs is 1. The van der Waals surface area contributed by atoms with Crippen LogP contribution >= 0.6 is 0 Å². The summed E-state index contributed by atoms with van der Waals surface area (Å²) in [6.07, 6.45) is 0.308. The van der Waals surface area contributed by atoms with Crippen LogP contribution in [0.15, 0.2) is 48.5 Å². The van der Waals surface area contributed by atoms with Gasteiger partial charge in [0.05, 0.1) is 6.04 Å². The van der Waals surface area contributed by atoms with Crippen LogP contribution in [0.25, 0.3) is 0 Å². The van der Waals surface area contributed by atoms with Gasteiger partial charge in [0, 0.05) is 19.4 Å². The molecule has 2 N–H and O–H groups in total. The highest BCUT2D eigenvalue weighted by Crippen LogP contribution is 2.32. The van der Waals surface area contributed by atoms with E-state index in [4.69, 9.17) is 9.47 Å². The molecule has 26 heavy (non-hydrogen) atoms. The van der Waals surface area contributed by atoms with Crippen LogP contribution in [0.5, 0.6) is 11.5 Å². The molecule has 0 bridgehead atoms. The van der Waals surface area contributed by atoms with E-state index in [1.807, 2.05) is 55.5 Å². The molecular formula is C20H22N2O4. The van der Waals surface area contributed by atoms with Crippen LogP contribution in [0.1, 0.15) is 36.9 Å². The van der Waals surface area contributed by atoms with E-state index in [1.165, 1.54) is 0 Å². The van der Waals surface area contributed by atoms with E-state index in [0.29, 0.717) is 18.0 Å². The molecule has 1 atom stereocenters. The van der Waals surface area contributed by atoms with E-state index in [1.54, 1.807) is 0 Å². The summed E-state index contributed by atoms with van der Waals surface area (Å²) in [6, 6.07) is 15.2. The number of rotatable bonds is 7. The molecule has 1 aliphatic heterocycles. The van der Waals surface area contributed by atoms with Crippen molar-refractivity contribution in [2.45, 2.75) is 32.4 Å². The maximum Gasteiger partial charge on any atom is 0.231 e. The van der Waals surface area contributed by atoms with Crippen molar-refractivity contribution < 1.29 is 19.1 Å². The number of hydrogen-bond acceptors (Lipinski definition) is 4. The normalized spacial score (nSPS) is 13.1. The lowest BCUT2D eigenvalue weighted by Gasteiger charge is -2.14. The smallest absolute Gasteiger partial charge is 0.231 e. The van der Waals surface area contributed by atoms with Gasteiger partial charge in [-0.15, -0.1) is 0 Å². The summed E-state index contributed by atoms with van der Waals surface area (Å²) in [5.41, 5.74) is 1.96. The van der Waals surface area contributed by atoms with Gasteiger partial charge in [-0.2, -0.15) is 0 Å². The predicted octanol–water partition coefficient (Wildman–Crippen LogP) is 2.69. The lowest BCUT2D eigenvalue weighted by atomic mass is 10.1. The zero-order chi connectivity index (χ0) is 18.4. The largest absolute Gasteiger partial charge is 0.454 e. The van der Waals surface area contributed by atoms with E-state index in [2.05, 4.69) is 10.6 Å². The van der Waals surface area contributed by atoms with Gasteiger partial charge in [-0.3, -0.25) is 9.59 Å². The van der Waals surface area contributed by atoms with Gasteiger partial charge in [-0.25, -0.2) is 0 Å². The Balaban J connectivity index is 1.39. The minimum Gasteiger partial charge on any atom is -0.454 e. The number of carbonyl (C=O) groups is 2. The Morgan fingerprint density at radius 2 is 1.73 bits per heavy atom. The summed E-state index contributed by atoms with van der Waals surface area (Å²) in [5.74, 6) is 1.10. The third-order valence-electron chi connectivity index (χ3n) is 4.18. The molecule has 1 heterocycles. The van der Waals surface area contributed by atoms with Crippen LogP contribution in [0.4, 0.5) is 0 Å². The zero-order valence-corrected chi connectivity index (χ0v) is 14.7. The predicted molar refractivity (Wildman–Crippen MR) is 96.6 cm³/mol. The minimum absolute atomic E-state index is 0.0830. The molecule has 2 aromatic rings. The molecule has 6 nitrogen and oxygen atoms in total. The summed E-state index contributed by atoms with van der Waals surface area (Å²) in [6.45, 7) is 2.53. The van der Waals surface area contributed by atoms with Crippen LogP contribution in [0, 0.1) is 0 Å². The van der Waals surface area contributed by atoms with Crippen molar-refractivity contribution in [2.24, 2.45) is 0 Å². The SMILES string of the molecule is CC(NC(=O)CCC(=O)NCc1ccc2c(c1)OCO2)c1ccccc1. The summed E-state index contributed by atoms with van der Waals surface area (Å²) in [5, 5.41) is 5.72. The number of benzene rings is 2. The fraction of sp³-hybridized carbons (Fsp3) is 0.300. The average Bonchev–Trinajstić information content (AvgIpc) is 3.13. The fourth-order valence-corrected chi connectivity index (χ4v) is 2.71. The van der Waals surface area contributed by atoms with Crippen LogP contribution in [-0.2, 0) is 16.1 Å². The summed E-state index contributed by atoms with van der Waals surface area (Å²) in [7, 11) is 0. The fourth-order valence-electron chi connectivity index (χ4n) is 2.71. The molecule has 2 amide bonds. The topological polar surface area (TPSA) is 76.7 Å². The maximum absolute atomic E-state index is 12.0. The highest BCUT2D eigenvalue weighted by molar-refractivity contribution is 5.83. The Morgan fingerprint density at radius 3 is 2.54 bits per heavy atom. The minimum atomic E-state index is -0.162. The average molecular weight is 354 g/mol. The maximum atomic E-state index is 12.0. The van der Waals surface area contributed by atoms with Gasteiger partial charge in [-0.05, 0) is 30.2 Å². The van der Waals surface area contributed by atoms with Crippen molar-refractivity contribution in [3.8, 4) is 11.5 Å². The molecule has 136 valence electrons. The lowest BCUT2D eigenvalue weighted by Crippen LogP contribution is -2.29. The molecule has 6 heteroatoms. The number of amides is 2.